The summed E-state index contributed by atoms with van der Waals surface area (Å²) in [5.41, 5.74) is 7.59. The van der Waals surface area contributed by atoms with Crippen LogP contribution >= 0.6 is 11.6 Å². The number of anilines is 3. The highest BCUT2D eigenvalue weighted by Crippen LogP contribution is 2.26. The molecule has 0 saturated heterocycles. The summed E-state index contributed by atoms with van der Waals surface area (Å²) >= 11 is 5.81. The predicted molar refractivity (Wildman–Crippen MR) is 73.1 cm³/mol. The number of nitrogens with zero attached hydrogens (tertiary/aromatic N) is 1. The molecule has 0 spiro atoms. The molecule has 0 atom stereocenters. The maximum absolute atomic E-state index is 13.6. The summed E-state index contributed by atoms with van der Waals surface area (Å²) in [7, 11) is 0. The predicted octanol–water partition coefficient (Wildman–Crippen LogP) is 3.95. The quantitative estimate of drug-likeness (QED) is 0.696. The van der Waals surface area contributed by atoms with Crippen LogP contribution in [0.5, 0.6) is 0 Å². The molecule has 96 valence electrons. The van der Waals surface area contributed by atoms with E-state index in [-0.39, 0.29) is 11.7 Å². The number of nitrogens with one attached hydrogen (secondary N) is 1. The lowest BCUT2D eigenvalue weighted by Gasteiger charge is -2.03. The van der Waals surface area contributed by atoms with Crippen LogP contribution in [-0.2, 0) is 0 Å². The molecule has 3 rings (SSSR count). The van der Waals surface area contributed by atoms with Crippen molar-refractivity contribution in [3.05, 3.63) is 47.2 Å². The van der Waals surface area contributed by atoms with Gasteiger partial charge < -0.3 is 15.5 Å². The van der Waals surface area contributed by atoms with E-state index in [1.54, 1.807) is 18.2 Å². The Kier molecular flexibility index (Phi) is 2.76. The van der Waals surface area contributed by atoms with Gasteiger partial charge in [0.15, 0.2) is 5.58 Å². The van der Waals surface area contributed by atoms with Crippen molar-refractivity contribution in [3.63, 3.8) is 0 Å². The van der Waals surface area contributed by atoms with E-state index in [1.165, 1.54) is 18.2 Å². The van der Waals surface area contributed by atoms with Gasteiger partial charge in [0.25, 0.3) is 6.01 Å². The zero-order valence-corrected chi connectivity index (χ0v) is 10.4. The molecular formula is C13H9ClFN3O. The van der Waals surface area contributed by atoms with E-state index in [0.29, 0.717) is 21.8 Å². The third kappa shape index (κ3) is 2.32. The Morgan fingerprint density at radius 2 is 2.05 bits per heavy atom. The molecule has 0 aliphatic rings. The summed E-state index contributed by atoms with van der Waals surface area (Å²) < 4.78 is 19.0. The lowest BCUT2D eigenvalue weighted by Crippen LogP contribution is -1.93. The Morgan fingerprint density at radius 1 is 1.21 bits per heavy atom. The summed E-state index contributed by atoms with van der Waals surface area (Å²) in [6.07, 6.45) is 0. The number of nitrogens with two attached hydrogens (primary N) is 1. The average Bonchev–Trinajstić information content (AvgIpc) is 2.75. The van der Waals surface area contributed by atoms with E-state index in [4.69, 9.17) is 21.8 Å². The second kappa shape index (κ2) is 4.44. The standard InChI is InChI=1S/C13H9ClFN3O/c14-7-1-3-9(15)11(5-7)18-13-17-10-4-2-8(16)6-12(10)19-13/h1-6H,16H2,(H,17,18). The van der Waals surface area contributed by atoms with Crippen LogP contribution in [0.1, 0.15) is 0 Å². The number of aromatic nitrogens is 1. The van der Waals surface area contributed by atoms with Crippen LogP contribution in [-0.4, -0.2) is 4.98 Å². The van der Waals surface area contributed by atoms with Gasteiger partial charge in [0.05, 0.1) is 5.69 Å². The van der Waals surface area contributed by atoms with Crippen LogP contribution in [0.25, 0.3) is 11.1 Å². The minimum absolute atomic E-state index is 0.182. The highest BCUT2D eigenvalue weighted by Gasteiger charge is 2.09. The number of fused-ring (bicyclic) bond motifs is 1. The van der Waals surface area contributed by atoms with E-state index in [0.717, 1.165) is 0 Å². The van der Waals surface area contributed by atoms with E-state index in [1.807, 2.05) is 0 Å². The lowest BCUT2D eigenvalue weighted by molar-refractivity contribution is 0.612. The number of rotatable bonds is 2. The van der Waals surface area contributed by atoms with Crippen LogP contribution in [0.3, 0.4) is 0 Å². The van der Waals surface area contributed by atoms with E-state index >= 15 is 0 Å². The van der Waals surface area contributed by atoms with Crippen LogP contribution in [0.2, 0.25) is 5.02 Å². The summed E-state index contributed by atoms with van der Waals surface area (Å²) in [5, 5.41) is 3.16. The third-order valence-electron chi connectivity index (χ3n) is 2.58. The van der Waals surface area contributed by atoms with Gasteiger partial charge in [-0.1, -0.05) is 11.6 Å². The van der Waals surface area contributed by atoms with Crippen LogP contribution in [0.4, 0.5) is 21.8 Å². The van der Waals surface area contributed by atoms with Gasteiger partial charge in [0, 0.05) is 16.8 Å². The first-order valence-corrected chi connectivity index (χ1v) is 5.88. The number of hydrogen-bond donors (Lipinski definition) is 2. The van der Waals surface area contributed by atoms with Crippen molar-refractivity contribution in [1.82, 2.24) is 4.98 Å². The van der Waals surface area contributed by atoms with Crippen molar-refractivity contribution in [2.24, 2.45) is 0 Å². The fourth-order valence-electron chi connectivity index (χ4n) is 1.70. The largest absolute Gasteiger partial charge is 0.423 e. The van der Waals surface area contributed by atoms with Gasteiger partial charge in [-0.05, 0) is 30.3 Å². The molecule has 1 heterocycles. The summed E-state index contributed by atoms with van der Waals surface area (Å²) in [6.45, 7) is 0. The van der Waals surface area contributed by atoms with Crippen molar-refractivity contribution in [1.29, 1.82) is 0 Å². The van der Waals surface area contributed by atoms with Gasteiger partial charge in [0.2, 0.25) is 0 Å². The maximum atomic E-state index is 13.6. The lowest BCUT2D eigenvalue weighted by atomic mass is 10.3. The van der Waals surface area contributed by atoms with Crippen molar-refractivity contribution in [2.45, 2.75) is 0 Å². The molecule has 0 radical (unpaired) electrons. The second-order valence-corrected chi connectivity index (χ2v) is 4.43. The Balaban J connectivity index is 1.98. The van der Waals surface area contributed by atoms with Crippen LogP contribution in [0.15, 0.2) is 40.8 Å². The van der Waals surface area contributed by atoms with Gasteiger partial charge >= 0.3 is 0 Å². The zero-order valence-electron chi connectivity index (χ0n) is 9.65. The molecule has 19 heavy (non-hydrogen) atoms. The minimum atomic E-state index is -0.439. The Hall–Kier alpha value is -2.27. The molecule has 0 saturated carbocycles. The van der Waals surface area contributed by atoms with Gasteiger partial charge in [-0.3, -0.25) is 0 Å². The molecule has 0 aliphatic heterocycles. The first kappa shape index (κ1) is 11.8. The number of benzene rings is 2. The van der Waals surface area contributed by atoms with Crippen molar-refractivity contribution in [3.8, 4) is 0 Å². The molecule has 4 nitrogen and oxygen atoms in total. The highest BCUT2D eigenvalue weighted by molar-refractivity contribution is 6.30. The molecular weight excluding hydrogens is 269 g/mol. The first-order valence-electron chi connectivity index (χ1n) is 5.50. The fourth-order valence-corrected chi connectivity index (χ4v) is 1.88. The maximum Gasteiger partial charge on any atom is 0.300 e. The summed E-state index contributed by atoms with van der Waals surface area (Å²) in [4.78, 5) is 4.18. The number of nitrogen functional groups attached to an aromatic ring is 1. The minimum Gasteiger partial charge on any atom is -0.423 e. The number of halogens is 2. The van der Waals surface area contributed by atoms with Gasteiger partial charge in [-0.2, -0.15) is 4.98 Å². The van der Waals surface area contributed by atoms with Crippen molar-refractivity contribution < 1.29 is 8.81 Å². The molecule has 0 fully saturated rings. The number of oxazole rings is 1. The highest BCUT2D eigenvalue weighted by atomic mass is 35.5. The van der Waals surface area contributed by atoms with Crippen LogP contribution in [0, 0.1) is 5.82 Å². The summed E-state index contributed by atoms with van der Waals surface area (Å²) in [5.74, 6) is -0.439. The fraction of sp³-hybridized carbons (Fsp3) is 0. The summed E-state index contributed by atoms with van der Waals surface area (Å²) in [6, 6.07) is 9.48. The zero-order chi connectivity index (χ0) is 13.4. The molecule has 0 aliphatic carbocycles. The van der Waals surface area contributed by atoms with Crippen LogP contribution < -0.4 is 11.1 Å². The first-order chi connectivity index (χ1) is 9.11. The molecule has 1 aromatic heterocycles. The van der Waals surface area contributed by atoms with Gasteiger partial charge in [-0.15, -0.1) is 0 Å². The molecule has 0 amide bonds. The smallest absolute Gasteiger partial charge is 0.300 e. The van der Waals surface area contributed by atoms with E-state index < -0.39 is 5.82 Å². The molecule has 3 N–H and O–H groups in total. The monoisotopic (exact) mass is 277 g/mol. The normalized spacial score (nSPS) is 10.8. The Bertz CT molecular complexity index is 757. The van der Waals surface area contributed by atoms with E-state index in [2.05, 4.69) is 10.3 Å². The topological polar surface area (TPSA) is 64.1 Å². The van der Waals surface area contributed by atoms with E-state index in [9.17, 15) is 4.39 Å². The Labute approximate surface area is 113 Å². The SMILES string of the molecule is Nc1ccc2nc(Nc3cc(Cl)ccc3F)oc2c1. The van der Waals surface area contributed by atoms with Crippen molar-refractivity contribution in [2.75, 3.05) is 11.1 Å². The molecule has 0 unspecified atom stereocenters. The molecule has 6 heteroatoms. The van der Waals surface area contributed by atoms with Gasteiger partial charge in [0.1, 0.15) is 11.3 Å². The second-order valence-electron chi connectivity index (χ2n) is 4.00. The van der Waals surface area contributed by atoms with Crippen molar-refractivity contribution >= 4 is 40.1 Å². The number of hydrogen-bond acceptors (Lipinski definition) is 4. The van der Waals surface area contributed by atoms with Gasteiger partial charge in [-0.25, -0.2) is 4.39 Å². The Morgan fingerprint density at radius 3 is 2.89 bits per heavy atom. The molecule has 3 aromatic rings. The molecule has 0 bridgehead atoms. The average molecular weight is 278 g/mol. The molecule has 2 aromatic carbocycles. The third-order valence-corrected chi connectivity index (χ3v) is 2.82.